The standard InChI is InChI=1S/C23H24ClNO4/c24-17-2-1-3-18-20(17)16(10-13-4-6-14(7-5-13)15-8-9-15)11-25(18)23-22(28)21(27)19(26)12-29-23/h1-7,11,15,19,21-23,26-28H,8-10,12H2/t19-,21+,22-,23?/m1/s1. The van der Waals surface area contributed by atoms with Gasteiger partial charge in [0.2, 0.25) is 0 Å². The van der Waals surface area contributed by atoms with Crippen LogP contribution in [0.5, 0.6) is 0 Å². The molecule has 29 heavy (non-hydrogen) atoms. The van der Waals surface area contributed by atoms with E-state index in [0.29, 0.717) is 11.4 Å². The van der Waals surface area contributed by atoms with Gasteiger partial charge in [0, 0.05) is 11.6 Å². The fraction of sp³-hybridized carbons (Fsp3) is 0.391. The van der Waals surface area contributed by atoms with Gasteiger partial charge in [-0.1, -0.05) is 41.9 Å². The lowest BCUT2D eigenvalue weighted by Gasteiger charge is -2.36. The van der Waals surface area contributed by atoms with E-state index in [1.165, 1.54) is 24.0 Å². The van der Waals surface area contributed by atoms with Crippen LogP contribution in [0, 0.1) is 0 Å². The SMILES string of the molecule is O[C@H]1[C@H](O)COC(n2cc(Cc3ccc(C4CC4)cc3)c3c(Cl)cccc32)[C@@H]1O. The summed E-state index contributed by atoms with van der Waals surface area (Å²) in [6, 6.07) is 14.4. The van der Waals surface area contributed by atoms with E-state index >= 15 is 0 Å². The Morgan fingerprint density at radius 1 is 1.00 bits per heavy atom. The zero-order valence-electron chi connectivity index (χ0n) is 15.9. The Labute approximate surface area is 174 Å². The first-order valence-corrected chi connectivity index (χ1v) is 10.4. The average Bonchev–Trinajstić information content (AvgIpc) is 3.50. The molecule has 2 aliphatic rings. The van der Waals surface area contributed by atoms with Crippen LogP contribution in [0.1, 0.15) is 41.7 Å². The van der Waals surface area contributed by atoms with Gasteiger partial charge in [-0.15, -0.1) is 0 Å². The van der Waals surface area contributed by atoms with Crippen molar-refractivity contribution in [2.24, 2.45) is 0 Å². The minimum atomic E-state index is -1.26. The molecule has 1 unspecified atom stereocenters. The lowest BCUT2D eigenvalue weighted by molar-refractivity contribution is -0.209. The summed E-state index contributed by atoms with van der Waals surface area (Å²) in [5.74, 6) is 0.729. The van der Waals surface area contributed by atoms with E-state index in [4.69, 9.17) is 16.3 Å². The van der Waals surface area contributed by atoms with Gasteiger partial charge in [-0.05, 0) is 54.0 Å². The third-order valence-electron chi connectivity index (χ3n) is 6.06. The largest absolute Gasteiger partial charge is 0.388 e. The maximum Gasteiger partial charge on any atom is 0.162 e. The number of aromatic nitrogens is 1. The maximum absolute atomic E-state index is 10.5. The summed E-state index contributed by atoms with van der Waals surface area (Å²) in [6.45, 7) is -0.0406. The monoisotopic (exact) mass is 413 g/mol. The number of ether oxygens (including phenoxy) is 1. The number of rotatable bonds is 4. The molecule has 0 spiro atoms. The van der Waals surface area contributed by atoms with Crippen molar-refractivity contribution in [3.63, 3.8) is 0 Å². The Bertz CT molecular complexity index is 1030. The molecule has 2 heterocycles. The van der Waals surface area contributed by atoms with Gasteiger partial charge < -0.3 is 24.6 Å². The van der Waals surface area contributed by atoms with Gasteiger partial charge in [-0.2, -0.15) is 0 Å². The van der Waals surface area contributed by atoms with E-state index in [-0.39, 0.29) is 6.61 Å². The quantitative estimate of drug-likeness (QED) is 0.613. The molecule has 1 aliphatic heterocycles. The minimum Gasteiger partial charge on any atom is -0.388 e. The van der Waals surface area contributed by atoms with Gasteiger partial charge in [-0.3, -0.25) is 0 Å². The second-order valence-corrected chi connectivity index (χ2v) is 8.57. The highest BCUT2D eigenvalue weighted by Crippen LogP contribution is 2.40. The van der Waals surface area contributed by atoms with E-state index in [0.717, 1.165) is 22.4 Å². The number of hydrogen-bond donors (Lipinski definition) is 3. The fourth-order valence-electron chi connectivity index (χ4n) is 4.27. The fourth-order valence-corrected chi connectivity index (χ4v) is 4.56. The number of aliphatic hydroxyl groups excluding tert-OH is 3. The van der Waals surface area contributed by atoms with Crippen LogP contribution in [0.2, 0.25) is 5.02 Å². The Morgan fingerprint density at radius 2 is 1.76 bits per heavy atom. The highest BCUT2D eigenvalue weighted by Gasteiger charge is 2.39. The molecular formula is C23H24ClNO4. The van der Waals surface area contributed by atoms with Crippen molar-refractivity contribution in [2.45, 2.75) is 49.7 Å². The molecule has 5 nitrogen and oxygen atoms in total. The first kappa shape index (κ1) is 19.1. The second-order valence-electron chi connectivity index (χ2n) is 8.16. The predicted octanol–water partition coefficient (Wildman–Crippen LogP) is 3.37. The summed E-state index contributed by atoms with van der Waals surface area (Å²) in [7, 11) is 0. The molecule has 6 heteroatoms. The van der Waals surface area contributed by atoms with Crippen LogP contribution >= 0.6 is 11.6 Å². The predicted molar refractivity (Wildman–Crippen MR) is 111 cm³/mol. The Kier molecular flexibility index (Phi) is 4.88. The Morgan fingerprint density at radius 3 is 2.48 bits per heavy atom. The highest BCUT2D eigenvalue weighted by atomic mass is 35.5. The maximum atomic E-state index is 10.5. The Hall–Kier alpha value is -1.89. The molecular weight excluding hydrogens is 390 g/mol. The molecule has 3 aromatic rings. The summed E-state index contributed by atoms with van der Waals surface area (Å²) in [4.78, 5) is 0. The van der Waals surface area contributed by atoms with E-state index in [1.807, 2.05) is 29.0 Å². The molecule has 1 aliphatic carbocycles. The van der Waals surface area contributed by atoms with Crippen molar-refractivity contribution in [1.29, 1.82) is 0 Å². The van der Waals surface area contributed by atoms with Gasteiger partial charge in [0.25, 0.3) is 0 Å². The lowest BCUT2D eigenvalue weighted by atomic mass is 10.0. The normalized spacial score (nSPS) is 27.4. The third kappa shape index (κ3) is 3.47. The van der Waals surface area contributed by atoms with Crippen LogP contribution in [0.4, 0.5) is 0 Å². The molecule has 1 saturated carbocycles. The molecule has 152 valence electrons. The lowest BCUT2D eigenvalue weighted by Crippen LogP contribution is -2.50. The molecule has 0 radical (unpaired) electrons. The molecule has 0 bridgehead atoms. The van der Waals surface area contributed by atoms with Gasteiger partial charge >= 0.3 is 0 Å². The minimum absolute atomic E-state index is 0.0406. The third-order valence-corrected chi connectivity index (χ3v) is 6.37. The highest BCUT2D eigenvalue weighted by molar-refractivity contribution is 6.35. The van der Waals surface area contributed by atoms with Crippen LogP contribution < -0.4 is 0 Å². The van der Waals surface area contributed by atoms with Crippen LogP contribution in [0.15, 0.2) is 48.7 Å². The number of benzene rings is 2. The topological polar surface area (TPSA) is 74.8 Å². The van der Waals surface area contributed by atoms with Crippen molar-refractivity contribution in [1.82, 2.24) is 4.57 Å². The summed E-state index contributed by atoms with van der Waals surface area (Å²) in [5, 5.41) is 31.9. The first-order valence-electron chi connectivity index (χ1n) is 10.1. The van der Waals surface area contributed by atoms with Gasteiger partial charge in [-0.25, -0.2) is 0 Å². The molecule has 2 aromatic carbocycles. The average molecular weight is 414 g/mol. The van der Waals surface area contributed by atoms with Crippen molar-refractivity contribution < 1.29 is 20.1 Å². The van der Waals surface area contributed by atoms with Gasteiger partial charge in [0.15, 0.2) is 6.23 Å². The summed E-state index contributed by atoms with van der Waals surface area (Å²) >= 11 is 6.54. The van der Waals surface area contributed by atoms with Crippen molar-refractivity contribution in [3.05, 3.63) is 70.4 Å². The zero-order chi connectivity index (χ0) is 20.1. The van der Waals surface area contributed by atoms with E-state index in [9.17, 15) is 15.3 Å². The van der Waals surface area contributed by atoms with Crippen LogP contribution in [-0.4, -0.2) is 44.8 Å². The zero-order valence-corrected chi connectivity index (χ0v) is 16.7. The molecule has 1 saturated heterocycles. The number of aliphatic hydroxyl groups is 3. The van der Waals surface area contributed by atoms with E-state index < -0.39 is 24.5 Å². The molecule has 4 atom stereocenters. The smallest absolute Gasteiger partial charge is 0.162 e. The summed E-state index contributed by atoms with van der Waals surface area (Å²) < 4.78 is 7.49. The first-order chi connectivity index (χ1) is 14.0. The molecule has 3 N–H and O–H groups in total. The van der Waals surface area contributed by atoms with E-state index in [2.05, 4.69) is 24.3 Å². The molecule has 5 rings (SSSR count). The molecule has 0 amide bonds. The second kappa shape index (κ2) is 7.42. The number of fused-ring (bicyclic) bond motifs is 1. The van der Waals surface area contributed by atoms with Gasteiger partial charge in [0.05, 0.1) is 17.1 Å². The molecule has 2 fully saturated rings. The summed E-state index contributed by atoms with van der Waals surface area (Å²) in [6.07, 6.45) is 0.814. The van der Waals surface area contributed by atoms with Crippen molar-refractivity contribution >= 4 is 22.5 Å². The number of hydrogen-bond acceptors (Lipinski definition) is 4. The number of nitrogens with zero attached hydrogens (tertiary/aromatic N) is 1. The van der Waals surface area contributed by atoms with E-state index in [1.54, 1.807) is 0 Å². The Balaban J connectivity index is 1.52. The van der Waals surface area contributed by atoms with Crippen molar-refractivity contribution in [3.8, 4) is 0 Å². The molecule has 1 aromatic heterocycles. The number of halogens is 1. The summed E-state index contributed by atoms with van der Waals surface area (Å²) in [5.41, 5.74) is 4.45. The van der Waals surface area contributed by atoms with Crippen LogP contribution in [0.25, 0.3) is 10.9 Å². The van der Waals surface area contributed by atoms with Crippen molar-refractivity contribution in [2.75, 3.05) is 6.61 Å². The van der Waals surface area contributed by atoms with Crippen LogP contribution in [-0.2, 0) is 11.2 Å². The van der Waals surface area contributed by atoms with Crippen LogP contribution in [0.3, 0.4) is 0 Å². The van der Waals surface area contributed by atoms with Gasteiger partial charge in [0.1, 0.15) is 18.3 Å².